The van der Waals surface area contributed by atoms with Crippen LogP contribution >= 0.6 is 0 Å². The Bertz CT molecular complexity index is 1110. The third kappa shape index (κ3) is 4.45. The zero-order valence-electron chi connectivity index (χ0n) is 19.3. The number of anilines is 1. The van der Waals surface area contributed by atoms with Gasteiger partial charge in [0.1, 0.15) is 17.7 Å². The summed E-state index contributed by atoms with van der Waals surface area (Å²) in [6, 6.07) is 26.6. The van der Waals surface area contributed by atoms with Crippen molar-refractivity contribution in [2.45, 2.75) is 19.1 Å². The largest absolute Gasteiger partial charge is 0.457 e. The van der Waals surface area contributed by atoms with Crippen LogP contribution in [0.1, 0.15) is 30.3 Å². The molecule has 0 amide bonds. The minimum atomic E-state index is -0.0278. The van der Waals surface area contributed by atoms with E-state index in [1.165, 1.54) is 5.56 Å². The fraction of sp³-hybridized carbons (Fsp3) is 0.296. The summed E-state index contributed by atoms with van der Waals surface area (Å²) in [6.45, 7) is 6.25. The Hall–Kier alpha value is -3.35. The van der Waals surface area contributed by atoms with Crippen LogP contribution in [0, 0.1) is 0 Å². The molecule has 0 aliphatic carbocycles. The molecule has 33 heavy (non-hydrogen) atoms. The zero-order chi connectivity index (χ0) is 22.8. The van der Waals surface area contributed by atoms with Gasteiger partial charge in [0.15, 0.2) is 5.96 Å². The third-order valence-corrected chi connectivity index (χ3v) is 6.59. The van der Waals surface area contributed by atoms with Crippen LogP contribution in [0.3, 0.4) is 0 Å². The second-order valence-corrected chi connectivity index (χ2v) is 8.79. The Labute approximate surface area is 195 Å². The van der Waals surface area contributed by atoms with E-state index in [9.17, 15) is 0 Å². The molecule has 170 valence electrons. The first-order valence-corrected chi connectivity index (χ1v) is 11.6. The topological polar surface area (TPSA) is 57.3 Å². The SMILES string of the molecule is CC(c1ccc(Oc2ccccc2)cc1)N1C(N)=NC(N2CCN(C)CC2)c2ccccc21. The van der Waals surface area contributed by atoms with E-state index in [0.29, 0.717) is 5.96 Å². The van der Waals surface area contributed by atoms with E-state index in [0.717, 1.165) is 48.9 Å². The van der Waals surface area contributed by atoms with Gasteiger partial charge in [-0.25, -0.2) is 4.99 Å². The third-order valence-electron chi connectivity index (χ3n) is 6.59. The lowest BCUT2D eigenvalue weighted by Crippen LogP contribution is -2.49. The predicted octanol–water partition coefficient (Wildman–Crippen LogP) is 4.62. The number of likely N-dealkylation sites (N-methyl/N-ethyl adjacent to an activating group) is 1. The molecule has 0 saturated carbocycles. The normalized spacial score (nSPS) is 20.1. The summed E-state index contributed by atoms with van der Waals surface area (Å²) in [7, 11) is 2.17. The highest BCUT2D eigenvalue weighted by Crippen LogP contribution is 2.39. The fourth-order valence-corrected chi connectivity index (χ4v) is 4.65. The van der Waals surface area contributed by atoms with E-state index in [4.69, 9.17) is 15.5 Å². The molecule has 5 rings (SSSR count). The molecular formula is C27H31N5O. The molecule has 0 aromatic heterocycles. The molecule has 2 aliphatic heterocycles. The van der Waals surface area contributed by atoms with Gasteiger partial charge in [-0.3, -0.25) is 4.90 Å². The van der Waals surface area contributed by atoms with Gasteiger partial charge >= 0.3 is 0 Å². The Morgan fingerprint density at radius 2 is 1.48 bits per heavy atom. The number of ether oxygens (including phenoxy) is 1. The first-order valence-electron chi connectivity index (χ1n) is 11.6. The maximum atomic E-state index is 6.60. The van der Waals surface area contributed by atoms with Gasteiger partial charge in [0, 0.05) is 31.7 Å². The van der Waals surface area contributed by atoms with Crippen LogP contribution in [0.5, 0.6) is 11.5 Å². The van der Waals surface area contributed by atoms with Gasteiger partial charge in [0.25, 0.3) is 0 Å². The van der Waals surface area contributed by atoms with Crippen molar-refractivity contribution < 1.29 is 4.74 Å². The summed E-state index contributed by atoms with van der Waals surface area (Å²) in [5.74, 6) is 2.21. The molecule has 0 spiro atoms. The highest BCUT2D eigenvalue weighted by atomic mass is 16.5. The molecule has 2 atom stereocenters. The lowest BCUT2D eigenvalue weighted by Gasteiger charge is -2.42. The van der Waals surface area contributed by atoms with Crippen LogP contribution in [-0.4, -0.2) is 49.0 Å². The molecule has 0 radical (unpaired) electrons. The van der Waals surface area contributed by atoms with E-state index in [2.05, 4.69) is 65.1 Å². The number of aliphatic imine (C=N–C) groups is 1. The van der Waals surface area contributed by atoms with Crippen molar-refractivity contribution in [1.29, 1.82) is 0 Å². The summed E-state index contributed by atoms with van der Waals surface area (Å²) >= 11 is 0. The standard InChI is InChI=1S/C27H31N5O/c1-20(21-12-14-23(15-13-21)33-22-8-4-3-5-9-22)32-25-11-7-6-10-24(25)26(29-27(32)28)31-18-16-30(2)17-19-31/h3-15,20,26H,16-19H2,1-2H3,(H2,28,29). The van der Waals surface area contributed by atoms with Crippen LogP contribution in [0.2, 0.25) is 0 Å². The van der Waals surface area contributed by atoms with E-state index >= 15 is 0 Å². The summed E-state index contributed by atoms with van der Waals surface area (Å²) < 4.78 is 5.95. The molecule has 1 saturated heterocycles. The maximum absolute atomic E-state index is 6.60. The summed E-state index contributed by atoms with van der Waals surface area (Å²) in [6.07, 6.45) is -0.0278. The van der Waals surface area contributed by atoms with Crippen LogP contribution in [0.25, 0.3) is 0 Å². The van der Waals surface area contributed by atoms with Crippen LogP contribution in [0.15, 0.2) is 83.9 Å². The van der Waals surface area contributed by atoms with Crippen LogP contribution < -0.4 is 15.4 Å². The fourth-order valence-electron chi connectivity index (χ4n) is 4.65. The van der Waals surface area contributed by atoms with Crippen molar-refractivity contribution in [3.63, 3.8) is 0 Å². The van der Waals surface area contributed by atoms with E-state index < -0.39 is 0 Å². The first kappa shape index (κ1) is 21.5. The molecule has 2 unspecified atom stereocenters. The Balaban J connectivity index is 1.39. The maximum Gasteiger partial charge on any atom is 0.198 e. The van der Waals surface area contributed by atoms with Gasteiger partial charge < -0.3 is 20.3 Å². The van der Waals surface area contributed by atoms with Gasteiger partial charge in [-0.15, -0.1) is 0 Å². The molecular weight excluding hydrogens is 410 g/mol. The predicted molar refractivity (Wildman–Crippen MR) is 134 cm³/mol. The molecule has 2 heterocycles. The molecule has 2 aliphatic rings. The van der Waals surface area contributed by atoms with Crippen LogP contribution in [0.4, 0.5) is 5.69 Å². The summed E-state index contributed by atoms with van der Waals surface area (Å²) in [5, 5.41) is 0. The molecule has 2 N–H and O–H groups in total. The molecule has 6 nitrogen and oxygen atoms in total. The lowest BCUT2D eigenvalue weighted by atomic mass is 10.0. The number of rotatable bonds is 5. The monoisotopic (exact) mass is 441 g/mol. The van der Waals surface area contributed by atoms with Crippen molar-refractivity contribution in [2.24, 2.45) is 10.7 Å². The summed E-state index contributed by atoms with van der Waals surface area (Å²) in [4.78, 5) is 11.9. The van der Waals surface area contributed by atoms with E-state index in [1.807, 2.05) is 42.5 Å². The van der Waals surface area contributed by atoms with Crippen molar-refractivity contribution in [2.75, 3.05) is 38.1 Å². The van der Waals surface area contributed by atoms with Crippen LogP contribution in [-0.2, 0) is 0 Å². The average Bonchev–Trinajstić information content (AvgIpc) is 2.85. The Morgan fingerprint density at radius 1 is 0.848 bits per heavy atom. The van der Waals surface area contributed by atoms with Crippen molar-refractivity contribution in [3.8, 4) is 11.5 Å². The van der Waals surface area contributed by atoms with Gasteiger partial charge in [0.05, 0.1) is 11.7 Å². The second kappa shape index (κ2) is 9.25. The van der Waals surface area contributed by atoms with Crippen molar-refractivity contribution in [1.82, 2.24) is 9.80 Å². The molecule has 1 fully saturated rings. The Morgan fingerprint density at radius 3 is 2.21 bits per heavy atom. The minimum absolute atomic E-state index is 0.0278. The van der Waals surface area contributed by atoms with E-state index in [1.54, 1.807) is 0 Å². The number of hydrogen-bond donors (Lipinski definition) is 1. The minimum Gasteiger partial charge on any atom is -0.457 e. The number of hydrogen-bond acceptors (Lipinski definition) is 6. The number of nitrogens with two attached hydrogens (primary N) is 1. The lowest BCUT2D eigenvalue weighted by molar-refractivity contribution is 0.114. The zero-order valence-corrected chi connectivity index (χ0v) is 19.3. The highest BCUT2D eigenvalue weighted by Gasteiger charge is 2.33. The van der Waals surface area contributed by atoms with Gasteiger partial charge in [-0.2, -0.15) is 0 Å². The number of para-hydroxylation sites is 2. The molecule has 3 aromatic carbocycles. The smallest absolute Gasteiger partial charge is 0.198 e. The highest BCUT2D eigenvalue weighted by molar-refractivity contribution is 5.98. The summed E-state index contributed by atoms with van der Waals surface area (Å²) in [5.41, 5.74) is 10.1. The van der Waals surface area contributed by atoms with E-state index in [-0.39, 0.29) is 12.2 Å². The average molecular weight is 442 g/mol. The molecule has 3 aromatic rings. The second-order valence-electron chi connectivity index (χ2n) is 8.79. The number of benzene rings is 3. The molecule has 6 heteroatoms. The van der Waals surface area contributed by atoms with Crippen molar-refractivity contribution >= 4 is 11.6 Å². The molecule has 0 bridgehead atoms. The first-order chi connectivity index (χ1) is 16.1. The number of fused-ring (bicyclic) bond motifs is 1. The number of guanidine groups is 1. The van der Waals surface area contributed by atoms with Crippen molar-refractivity contribution in [3.05, 3.63) is 90.0 Å². The van der Waals surface area contributed by atoms with Gasteiger partial charge in [0.2, 0.25) is 0 Å². The van der Waals surface area contributed by atoms with Gasteiger partial charge in [-0.05, 0) is 49.9 Å². The van der Waals surface area contributed by atoms with Gasteiger partial charge in [-0.1, -0.05) is 48.5 Å². The number of nitrogens with zero attached hydrogens (tertiary/aromatic N) is 4. The quantitative estimate of drug-likeness (QED) is 0.626. The Kier molecular flexibility index (Phi) is 6.03. The number of piperazine rings is 1.